The molecule has 100 valence electrons. The molecule has 0 amide bonds. The Balaban J connectivity index is 1.69. The molecule has 2 rings (SSSR count). The maximum absolute atomic E-state index is 5.71. The van der Waals surface area contributed by atoms with Crippen LogP contribution in [0.3, 0.4) is 0 Å². The van der Waals surface area contributed by atoms with Crippen LogP contribution in [0.5, 0.6) is 5.75 Å². The van der Waals surface area contributed by atoms with Crippen molar-refractivity contribution in [2.75, 3.05) is 13.2 Å². The highest BCUT2D eigenvalue weighted by Gasteiger charge is 1.97. The normalized spacial score (nSPS) is 10.4. The highest BCUT2D eigenvalue weighted by molar-refractivity contribution is 5.32. The SMILES string of the molecule is Cc1cc(C)cc(OCCNCc2cnccn2)c1. The van der Waals surface area contributed by atoms with Crippen LogP contribution in [0.1, 0.15) is 16.8 Å². The van der Waals surface area contributed by atoms with Crippen molar-refractivity contribution in [1.82, 2.24) is 15.3 Å². The highest BCUT2D eigenvalue weighted by atomic mass is 16.5. The predicted molar refractivity (Wildman–Crippen MR) is 75.1 cm³/mol. The summed E-state index contributed by atoms with van der Waals surface area (Å²) in [5.74, 6) is 0.929. The third-order valence-electron chi connectivity index (χ3n) is 2.67. The van der Waals surface area contributed by atoms with E-state index in [2.05, 4.69) is 47.3 Å². The molecule has 0 aliphatic heterocycles. The predicted octanol–water partition coefficient (Wildman–Crippen LogP) is 2.26. The van der Waals surface area contributed by atoms with E-state index < -0.39 is 0 Å². The van der Waals surface area contributed by atoms with Crippen molar-refractivity contribution in [1.29, 1.82) is 0 Å². The molecule has 0 saturated carbocycles. The summed E-state index contributed by atoms with van der Waals surface area (Å²) >= 11 is 0. The van der Waals surface area contributed by atoms with Crippen LogP contribution in [-0.4, -0.2) is 23.1 Å². The number of nitrogens with one attached hydrogen (secondary N) is 1. The summed E-state index contributed by atoms with van der Waals surface area (Å²) in [6.07, 6.45) is 5.13. The van der Waals surface area contributed by atoms with Crippen LogP contribution in [0.4, 0.5) is 0 Å². The van der Waals surface area contributed by atoms with Crippen LogP contribution >= 0.6 is 0 Å². The van der Waals surface area contributed by atoms with Gasteiger partial charge in [0, 0.05) is 31.7 Å². The monoisotopic (exact) mass is 257 g/mol. The van der Waals surface area contributed by atoms with Gasteiger partial charge in [0.05, 0.1) is 5.69 Å². The summed E-state index contributed by atoms with van der Waals surface area (Å²) in [6.45, 7) is 6.29. The van der Waals surface area contributed by atoms with Crippen molar-refractivity contribution in [2.45, 2.75) is 20.4 Å². The first-order chi connectivity index (χ1) is 9.24. The number of rotatable bonds is 6. The van der Waals surface area contributed by atoms with Gasteiger partial charge in [-0.3, -0.25) is 9.97 Å². The summed E-state index contributed by atoms with van der Waals surface area (Å²) in [6, 6.07) is 6.24. The van der Waals surface area contributed by atoms with E-state index in [-0.39, 0.29) is 0 Å². The first kappa shape index (κ1) is 13.5. The second kappa shape index (κ2) is 6.85. The van der Waals surface area contributed by atoms with E-state index in [0.717, 1.165) is 18.0 Å². The summed E-state index contributed by atoms with van der Waals surface area (Å²) in [5.41, 5.74) is 3.39. The smallest absolute Gasteiger partial charge is 0.119 e. The third kappa shape index (κ3) is 4.67. The summed E-state index contributed by atoms with van der Waals surface area (Å²) < 4.78 is 5.71. The van der Waals surface area contributed by atoms with Crippen LogP contribution in [-0.2, 0) is 6.54 Å². The summed E-state index contributed by atoms with van der Waals surface area (Å²) in [5, 5.41) is 3.27. The lowest BCUT2D eigenvalue weighted by Crippen LogP contribution is -2.21. The average molecular weight is 257 g/mol. The minimum atomic E-state index is 0.642. The molecular weight excluding hydrogens is 238 g/mol. The quantitative estimate of drug-likeness (QED) is 0.806. The molecule has 0 atom stereocenters. The third-order valence-corrected chi connectivity index (χ3v) is 2.67. The fourth-order valence-electron chi connectivity index (χ4n) is 1.89. The molecule has 0 unspecified atom stereocenters. The minimum Gasteiger partial charge on any atom is -0.492 e. The van der Waals surface area contributed by atoms with Gasteiger partial charge in [0.25, 0.3) is 0 Å². The second-order valence-electron chi connectivity index (χ2n) is 4.55. The van der Waals surface area contributed by atoms with Crippen molar-refractivity contribution in [3.63, 3.8) is 0 Å². The summed E-state index contributed by atoms with van der Waals surface area (Å²) in [4.78, 5) is 8.21. The van der Waals surface area contributed by atoms with Crippen LogP contribution in [0.25, 0.3) is 0 Å². The number of aryl methyl sites for hydroxylation is 2. The van der Waals surface area contributed by atoms with Crippen LogP contribution in [0, 0.1) is 13.8 Å². The first-order valence-corrected chi connectivity index (χ1v) is 6.41. The minimum absolute atomic E-state index is 0.642. The molecule has 2 aromatic rings. The Kier molecular flexibility index (Phi) is 4.86. The first-order valence-electron chi connectivity index (χ1n) is 6.41. The van der Waals surface area contributed by atoms with Gasteiger partial charge in [-0.2, -0.15) is 0 Å². The molecule has 0 bridgehead atoms. The lowest BCUT2D eigenvalue weighted by atomic mass is 10.1. The average Bonchev–Trinajstić information content (AvgIpc) is 2.38. The van der Waals surface area contributed by atoms with Gasteiger partial charge in [-0.25, -0.2) is 0 Å². The van der Waals surface area contributed by atoms with Crippen molar-refractivity contribution in [3.05, 3.63) is 53.6 Å². The fraction of sp³-hybridized carbons (Fsp3) is 0.333. The molecule has 1 aromatic heterocycles. The van der Waals surface area contributed by atoms with Gasteiger partial charge >= 0.3 is 0 Å². The second-order valence-corrected chi connectivity index (χ2v) is 4.55. The van der Waals surface area contributed by atoms with Gasteiger partial charge in [-0.15, -0.1) is 0 Å². The number of ether oxygens (including phenoxy) is 1. The molecular formula is C15H19N3O. The highest BCUT2D eigenvalue weighted by Crippen LogP contribution is 2.15. The van der Waals surface area contributed by atoms with Crippen LogP contribution < -0.4 is 10.1 Å². The van der Waals surface area contributed by atoms with Gasteiger partial charge in [0.2, 0.25) is 0 Å². The van der Waals surface area contributed by atoms with Gasteiger partial charge in [0.1, 0.15) is 12.4 Å². The van der Waals surface area contributed by atoms with Crippen molar-refractivity contribution < 1.29 is 4.74 Å². The van der Waals surface area contributed by atoms with Gasteiger partial charge < -0.3 is 10.1 Å². The number of aromatic nitrogens is 2. The fourth-order valence-corrected chi connectivity index (χ4v) is 1.89. The van der Waals surface area contributed by atoms with Crippen LogP contribution in [0.15, 0.2) is 36.8 Å². The Labute approximate surface area is 113 Å². The van der Waals surface area contributed by atoms with E-state index in [1.165, 1.54) is 11.1 Å². The van der Waals surface area contributed by atoms with E-state index in [0.29, 0.717) is 13.2 Å². The van der Waals surface area contributed by atoms with Crippen molar-refractivity contribution in [3.8, 4) is 5.75 Å². The largest absolute Gasteiger partial charge is 0.492 e. The zero-order chi connectivity index (χ0) is 13.5. The number of hydrogen-bond acceptors (Lipinski definition) is 4. The summed E-state index contributed by atoms with van der Waals surface area (Å²) in [7, 11) is 0. The molecule has 0 aliphatic carbocycles. The van der Waals surface area contributed by atoms with E-state index in [9.17, 15) is 0 Å². The molecule has 0 fully saturated rings. The molecule has 4 heteroatoms. The van der Waals surface area contributed by atoms with E-state index in [1.807, 2.05) is 0 Å². The van der Waals surface area contributed by atoms with Crippen molar-refractivity contribution >= 4 is 0 Å². The lowest BCUT2D eigenvalue weighted by Gasteiger charge is -2.09. The Bertz CT molecular complexity index is 494. The molecule has 0 aliphatic rings. The topological polar surface area (TPSA) is 47.0 Å². The molecule has 19 heavy (non-hydrogen) atoms. The number of hydrogen-bond donors (Lipinski definition) is 1. The molecule has 4 nitrogen and oxygen atoms in total. The standard InChI is InChI=1S/C15H19N3O/c1-12-7-13(2)9-15(8-12)19-6-5-17-11-14-10-16-3-4-18-14/h3-4,7-10,17H,5-6,11H2,1-2H3. The van der Waals surface area contributed by atoms with Crippen LogP contribution in [0.2, 0.25) is 0 Å². The van der Waals surface area contributed by atoms with Gasteiger partial charge in [-0.1, -0.05) is 6.07 Å². The zero-order valence-corrected chi connectivity index (χ0v) is 11.4. The Hall–Kier alpha value is -1.94. The van der Waals surface area contributed by atoms with Gasteiger partial charge in [0.15, 0.2) is 0 Å². The molecule has 1 heterocycles. The molecule has 1 aromatic carbocycles. The molecule has 0 saturated heterocycles. The maximum Gasteiger partial charge on any atom is 0.119 e. The van der Waals surface area contributed by atoms with E-state index in [1.54, 1.807) is 18.6 Å². The van der Waals surface area contributed by atoms with E-state index in [4.69, 9.17) is 4.74 Å². The van der Waals surface area contributed by atoms with E-state index >= 15 is 0 Å². The van der Waals surface area contributed by atoms with Gasteiger partial charge in [-0.05, 0) is 37.1 Å². The Morgan fingerprint density at radius 3 is 2.58 bits per heavy atom. The zero-order valence-electron chi connectivity index (χ0n) is 11.4. The van der Waals surface area contributed by atoms with Crippen molar-refractivity contribution in [2.24, 2.45) is 0 Å². The lowest BCUT2D eigenvalue weighted by molar-refractivity contribution is 0.313. The Morgan fingerprint density at radius 2 is 1.89 bits per heavy atom. The maximum atomic E-state index is 5.71. The Morgan fingerprint density at radius 1 is 1.11 bits per heavy atom. The number of benzene rings is 1. The molecule has 1 N–H and O–H groups in total. The molecule has 0 spiro atoms. The number of nitrogens with zero attached hydrogens (tertiary/aromatic N) is 2. The molecule has 0 radical (unpaired) electrons.